The number of anilines is 1. The normalized spacial score (nSPS) is 12.5. The van der Waals surface area contributed by atoms with Crippen molar-refractivity contribution in [2.45, 2.75) is 19.3 Å². The maximum Gasteiger partial charge on any atom is 0.232 e. The molecule has 0 saturated carbocycles. The highest BCUT2D eigenvalue weighted by atomic mass is 19.2. The largest absolute Gasteiger partial charge is 0.327 e. The number of fused-ring (bicyclic) bond motifs is 8. The molecule has 6 aromatic heterocycles. The second kappa shape index (κ2) is 21.3. The van der Waals surface area contributed by atoms with E-state index in [4.69, 9.17) is 0 Å². The zero-order valence-corrected chi connectivity index (χ0v) is 40.5. The van der Waals surface area contributed by atoms with Crippen LogP contribution in [0.15, 0.2) is 176 Å². The first-order valence-corrected chi connectivity index (χ1v) is 24.6. The first-order valence-electron chi connectivity index (χ1n) is 24.6. The Morgan fingerprint density at radius 2 is 0.750 bits per heavy atom. The molecule has 76 heavy (non-hydrogen) atoms. The number of carbonyl (C=O) groups excluding carboxylic acids is 1. The average Bonchev–Trinajstić information content (AvgIpc) is 4.28. The molecule has 10 aromatic rings. The first kappa shape index (κ1) is 49.0. The van der Waals surface area contributed by atoms with E-state index >= 15 is 26.3 Å². The predicted molar refractivity (Wildman–Crippen MR) is 276 cm³/mol. The molecule has 1 aliphatic heterocycles. The Morgan fingerprint density at radius 3 is 1.11 bits per heavy atom. The number of benzene rings is 4. The van der Waals surface area contributed by atoms with Gasteiger partial charge in [0, 0.05) is 105 Å². The number of pyridine rings is 2. The molecule has 0 atom stereocenters. The zero-order valence-electron chi connectivity index (χ0n) is 40.5. The molecule has 11 rings (SSSR count). The van der Waals surface area contributed by atoms with Gasteiger partial charge in [0.1, 0.15) is 80.5 Å². The summed E-state index contributed by atoms with van der Waals surface area (Å²) in [6.07, 6.45) is 5.00. The Labute approximate surface area is 434 Å². The van der Waals surface area contributed by atoms with Gasteiger partial charge in [-0.2, -0.15) is 26.3 Å². The van der Waals surface area contributed by atoms with Gasteiger partial charge < -0.3 is 24.8 Å². The third-order valence-corrected chi connectivity index (χ3v) is 13.5. The van der Waals surface area contributed by atoms with Gasteiger partial charge in [-0.05, 0) is 60.7 Å². The molecule has 5 N–H and O–H groups in total. The molecule has 0 unspecified atom stereocenters. The third-order valence-electron chi connectivity index (χ3n) is 13.5. The number of hydrogen-bond acceptors (Lipinski definition) is 4. The minimum atomic E-state index is -0.914. The van der Waals surface area contributed by atoms with Crippen molar-refractivity contribution in [2.75, 3.05) is 25.0 Å². The van der Waals surface area contributed by atoms with Crippen LogP contribution in [0.4, 0.5) is 32.0 Å². The molecule has 0 spiro atoms. The van der Waals surface area contributed by atoms with Gasteiger partial charge in [-0.3, -0.25) is 20.1 Å². The number of aromatic amines is 4. The van der Waals surface area contributed by atoms with Gasteiger partial charge in [0.15, 0.2) is 51.6 Å². The number of nitrogens with zero attached hydrogens (tertiary/aromatic N) is 3. The molecule has 9 nitrogen and oxygen atoms in total. The van der Waals surface area contributed by atoms with Crippen LogP contribution in [0.5, 0.6) is 0 Å². The number of para-hydroxylation sites is 1. The van der Waals surface area contributed by atoms with Gasteiger partial charge in [-0.1, -0.05) is 12.1 Å². The third kappa shape index (κ3) is 9.95. The van der Waals surface area contributed by atoms with E-state index in [1.807, 2.05) is 42.5 Å². The Balaban J connectivity index is 1.02. The molecule has 374 valence electrons. The van der Waals surface area contributed by atoms with Crippen LogP contribution in [0, 0.1) is 58.6 Å². The Morgan fingerprint density at radius 1 is 0.408 bits per heavy atom. The zero-order chi connectivity index (χ0) is 52.3. The van der Waals surface area contributed by atoms with Gasteiger partial charge >= 0.3 is 0 Å². The van der Waals surface area contributed by atoms with Crippen LogP contribution in [0.2, 0.25) is 0 Å². The Kier molecular flexibility index (Phi) is 13.8. The van der Waals surface area contributed by atoms with E-state index < -0.39 is 40.5 Å². The van der Waals surface area contributed by atoms with E-state index in [2.05, 4.69) is 40.1 Å². The quantitative estimate of drug-likeness (QED) is 0.0550. The molecule has 4 aromatic carbocycles. The van der Waals surface area contributed by atoms with Crippen LogP contribution >= 0.6 is 0 Å². The highest BCUT2D eigenvalue weighted by Gasteiger charge is 2.42. The summed E-state index contributed by atoms with van der Waals surface area (Å²) in [6, 6.07) is 42.1. The number of hydrogen-bond donors (Lipinski definition) is 5. The Hall–Kier alpha value is -9.21. The molecular formula is C61H46F6N8O+4. The summed E-state index contributed by atoms with van der Waals surface area (Å²) in [4.78, 5) is 38.6. The number of rotatable bonds is 14. The average molecular weight is 1020 g/mol. The topological polar surface area (TPSA) is 121 Å². The van der Waals surface area contributed by atoms with Crippen LogP contribution < -0.4 is 5.32 Å². The van der Waals surface area contributed by atoms with Crippen molar-refractivity contribution in [1.82, 2.24) is 34.8 Å². The molecule has 0 radical (unpaired) electrons. The van der Waals surface area contributed by atoms with Crippen LogP contribution in [0.25, 0.3) is 0 Å². The molecular weight excluding hydrogens is 975 g/mol. The number of amides is 1. The first-order chi connectivity index (χ1) is 37.1. The van der Waals surface area contributed by atoms with Crippen molar-refractivity contribution in [3.63, 3.8) is 0 Å². The van der Waals surface area contributed by atoms with Crippen molar-refractivity contribution in [1.29, 1.82) is 0 Å². The van der Waals surface area contributed by atoms with E-state index in [9.17, 15) is 4.79 Å². The van der Waals surface area contributed by atoms with Crippen LogP contribution in [-0.4, -0.2) is 60.3 Å². The van der Waals surface area contributed by atoms with E-state index in [0.29, 0.717) is 61.0 Å². The maximum absolute atomic E-state index is 16.2. The SMILES string of the molecule is O=C(CCN(CCc1ccccn1)CCc1ccccn1)Nc1ccccc1[C+]1c2ccc([nH]2)[C+](c2c(F)cccc2F)c2ccc([nH]2)[C+](c2c(F)cccc2F)c2ccc([nH]2)[C+](c2c(F)cccc2F)c2ccc1[nH]2. The van der Waals surface area contributed by atoms with Crippen molar-refractivity contribution < 1.29 is 31.1 Å². The van der Waals surface area contributed by atoms with Crippen molar-refractivity contribution in [3.05, 3.63) is 314 Å². The highest BCUT2D eigenvalue weighted by Crippen LogP contribution is 2.43. The second-order valence-corrected chi connectivity index (χ2v) is 18.3. The molecule has 0 saturated heterocycles. The fraction of sp³-hybridized carbons (Fsp3) is 0.0984. The van der Waals surface area contributed by atoms with Gasteiger partial charge in [0.2, 0.25) is 5.91 Å². The van der Waals surface area contributed by atoms with Crippen molar-refractivity contribution >= 4 is 11.6 Å². The number of nitrogens with one attached hydrogen (secondary N) is 5. The lowest BCUT2D eigenvalue weighted by Gasteiger charge is -2.22. The standard InChI is InChI=1S/C61H45F6N8O/c62-39-13-7-14-40(63)56(39)59-48-22-20-46(70-48)55(38-12-1-2-19-45(38)74-54(76)30-35-75(33-28-36-10-3-5-31-68-36)34-29-37-11-4-6-32-69-37)47-21-23-49(71-47)60(57-41(64)15-8-16-42(57)65)51-25-27-53(73-51)61(52-26-24-50(59)72-52)58-43(66)17-9-18-44(58)67/h1-27,31-32,70-73H,28-30,33-35H2/q+3/p+1. The molecule has 8 bridgehead atoms. The van der Waals surface area contributed by atoms with E-state index in [0.717, 1.165) is 47.8 Å². The van der Waals surface area contributed by atoms with Gasteiger partial charge in [0.05, 0.1) is 48.5 Å². The predicted octanol–water partition coefficient (Wildman–Crippen LogP) is 12.1. The lowest BCUT2D eigenvalue weighted by molar-refractivity contribution is -0.116. The fourth-order valence-corrected chi connectivity index (χ4v) is 9.89. The minimum absolute atomic E-state index is 0.0165. The lowest BCUT2D eigenvalue weighted by Crippen LogP contribution is -2.32. The minimum Gasteiger partial charge on any atom is -0.327 e. The molecule has 7 heterocycles. The summed E-state index contributed by atoms with van der Waals surface area (Å²) in [5, 5.41) is 3.14. The second-order valence-electron chi connectivity index (χ2n) is 18.3. The fourth-order valence-electron chi connectivity index (χ4n) is 9.89. The number of aromatic nitrogens is 6. The van der Waals surface area contributed by atoms with Gasteiger partial charge in [0.25, 0.3) is 0 Å². The van der Waals surface area contributed by atoms with Gasteiger partial charge in [-0.15, -0.1) is 0 Å². The van der Waals surface area contributed by atoms with Crippen molar-refractivity contribution in [2.24, 2.45) is 0 Å². The smallest absolute Gasteiger partial charge is 0.232 e. The lowest BCUT2D eigenvalue weighted by atomic mass is 9.91. The van der Waals surface area contributed by atoms with Gasteiger partial charge in [-0.25, -0.2) is 0 Å². The summed E-state index contributed by atoms with van der Waals surface area (Å²) in [6.45, 7) is 1.73. The summed E-state index contributed by atoms with van der Waals surface area (Å²) in [5.74, 6) is -5.05. The maximum atomic E-state index is 16.2. The van der Waals surface area contributed by atoms with Crippen LogP contribution in [0.1, 0.15) is 85.6 Å². The van der Waals surface area contributed by atoms with E-state index in [1.54, 1.807) is 67.0 Å². The number of carbonyl (C=O) groups is 1. The Bertz CT molecular complexity index is 3400. The monoisotopic (exact) mass is 1020 g/mol. The molecule has 15 heteroatoms. The highest BCUT2D eigenvalue weighted by molar-refractivity contribution is 5.92. The summed E-state index contributed by atoms with van der Waals surface area (Å²) >= 11 is 0. The number of H-pyrrole nitrogens is 4. The van der Waals surface area contributed by atoms with Crippen LogP contribution in [-0.2, 0) is 17.6 Å². The summed E-state index contributed by atoms with van der Waals surface area (Å²) in [7, 11) is 0. The summed E-state index contributed by atoms with van der Waals surface area (Å²) < 4.78 is 96.8. The van der Waals surface area contributed by atoms with Crippen LogP contribution in [0.3, 0.4) is 0 Å². The molecule has 1 aliphatic rings. The van der Waals surface area contributed by atoms with E-state index in [-0.39, 0.29) is 75.4 Å². The van der Waals surface area contributed by atoms with E-state index in [1.165, 1.54) is 30.3 Å². The molecule has 0 fully saturated rings. The number of halogens is 6. The van der Waals surface area contributed by atoms with Crippen molar-refractivity contribution in [3.8, 4) is 0 Å². The molecule has 0 aliphatic carbocycles. The molecule has 1 amide bonds. The summed E-state index contributed by atoms with van der Waals surface area (Å²) in [5.41, 5.74) is 3.54.